The van der Waals surface area contributed by atoms with Gasteiger partial charge in [-0.25, -0.2) is 4.79 Å². The summed E-state index contributed by atoms with van der Waals surface area (Å²) in [6, 6.07) is 18.6. The zero-order chi connectivity index (χ0) is 30.4. The van der Waals surface area contributed by atoms with Crippen LogP contribution in [-0.2, 0) is 14.3 Å². The van der Waals surface area contributed by atoms with E-state index >= 15 is 0 Å². The molecule has 11 nitrogen and oxygen atoms in total. The van der Waals surface area contributed by atoms with Gasteiger partial charge in [-0.1, -0.05) is 11.6 Å². The van der Waals surface area contributed by atoms with Crippen LogP contribution in [0.1, 0.15) is 23.0 Å². The van der Waals surface area contributed by atoms with Crippen molar-refractivity contribution in [3.8, 4) is 29.1 Å². The molecule has 0 spiro atoms. The quantitative estimate of drug-likeness (QED) is 0.167. The van der Waals surface area contributed by atoms with Gasteiger partial charge in [0, 0.05) is 40.2 Å². The maximum absolute atomic E-state index is 14.0. The van der Waals surface area contributed by atoms with E-state index in [4.69, 9.17) is 21.1 Å². The third-order valence-electron chi connectivity index (χ3n) is 7.44. The number of nitriles is 2. The number of nitro benzene ring substituents is 1. The normalized spacial score (nSPS) is 20.7. The lowest BCUT2D eigenvalue weighted by Gasteiger charge is -2.48. The number of carbonyl (C=O) groups excluding carboxylic acids is 3. The third kappa shape index (κ3) is 3.61. The van der Waals surface area contributed by atoms with Crippen LogP contribution >= 0.6 is 11.6 Å². The van der Waals surface area contributed by atoms with Gasteiger partial charge in [0.15, 0.2) is 11.2 Å². The van der Waals surface area contributed by atoms with Crippen molar-refractivity contribution in [2.24, 2.45) is 10.8 Å². The predicted octanol–water partition coefficient (Wildman–Crippen LogP) is 4.91. The number of methoxy groups -OCH3 is 1. The molecule has 5 rings (SSSR count). The van der Waals surface area contributed by atoms with E-state index in [1.807, 2.05) is 12.1 Å². The number of carbonyl (C=O) groups is 3. The van der Waals surface area contributed by atoms with Gasteiger partial charge < -0.3 is 14.5 Å². The van der Waals surface area contributed by atoms with E-state index in [-0.39, 0.29) is 34.7 Å². The van der Waals surface area contributed by atoms with Gasteiger partial charge in [-0.3, -0.25) is 19.7 Å². The van der Waals surface area contributed by atoms with Crippen LogP contribution in [0.2, 0.25) is 0 Å². The lowest BCUT2D eigenvalue weighted by atomic mass is 9.45. The molecule has 12 heteroatoms. The Morgan fingerprint density at radius 2 is 1.60 bits per heavy atom. The summed E-state index contributed by atoms with van der Waals surface area (Å²) >= 11 is 6.37. The van der Waals surface area contributed by atoms with E-state index < -0.39 is 43.9 Å². The van der Waals surface area contributed by atoms with Gasteiger partial charge in [-0.15, -0.1) is 0 Å². The van der Waals surface area contributed by atoms with Crippen LogP contribution in [0.25, 0.3) is 16.8 Å². The van der Waals surface area contributed by atoms with Crippen molar-refractivity contribution in [3.63, 3.8) is 0 Å². The van der Waals surface area contributed by atoms with Gasteiger partial charge in [0.25, 0.3) is 5.69 Å². The average Bonchev–Trinajstić information content (AvgIpc) is 3.53. The molecule has 2 aliphatic carbocycles. The van der Waals surface area contributed by atoms with Crippen molar-refractivity contribution < 1.29 is 28.8 Å². The Labute approximate surface area is 243 Å². The van der Waals surface area contributed by atoms with Crippen molar-refractivity contribution in [1.29, 1.82) is 10.5 Å². The third-order valence-corrected chi connectivity index (χ3v) is 7.80. The number of nitro groups is 1. The standard InChI is InChI=1S/C30H19ClN4O7/c1-3-42-28(38)24-25(31)27(37)30(15-33)23(26(36)17-4-8-18(9-5-17)35(39)40)22(29(24,30)14-32)21-13-12-20(34-21)16-6-10-19(41-2)11-7-16/h4-13,34H,3H2,1-2H3. The molecular formula is C30H19ClN4O7. The van der Waals surface area contributed by atoms with Gasteiger partial charge in [0.2, 0.25) is 5.78 Å². The predicted molar refractivity (Wildman–Crippen MR) is 148 cm³/mol. The molecular weight excluding hydrogens is 564 g/mol. The summed E-state index contributed by atoms with van der Waals surface area (Å²) in [5.41, 5.74) is -4.66. The van der Waals surface area contributed by atoms with Crippen LogP contribution in [0.3, 0.4) is 0 Å². The molecule has 0 bridgehead atoms. The number of aromatic nitrogens is 1. The number of benzene rings is 2. The Bertz CT molecular complexity index is 1840. The highest BCUT2D eigenvalue weighted by atomic mass is 35.5. The molecule has 0 fully saturated rings. The molecule has 0 saturated heterocycles. The number of aromatic amines is 1. The fourth-order valence-corrected chi connectivity index (χ4v) is 5.90. The van der Waals surface area contributed by atoms with Gasteiger partial charge in [0.05, 0.1) is 41.4 Å². The first kappa shape index (κ1) is 28.0. The number of fused-ring (bicyclic) bond motifs is 1. The van der Waals surface area contributed by atoms with E-state index in [0.717, 1.165) is 12.1 Å². The number of nitrogens with one attached hydrogen (secondary N) is 1. The zero-order valence-corrected chi connectivity index (χ0v) is 22.8. The number of non-ortho nitro benzene ring substituents is 1. The lowest BCUT2D eigenvalue weighted by molar-refractivity contribution is -0.384. The Balaban J connectivity index is 1.78. The molecule has 0 aliphatic heterocycles. The first-order valence-corrected chi connectivity index (χ1v) is 12.8. The molecule has 2 aliphatic rings. The van der Waals surface area contributed by atoms with Crippen molar-refractivity contribution in [3.05, 3.63) is 98.2 Å². The molecule has 2 atom stereocenters. The Kier molecular flexibility index (Phi) is 6.77. The van der Waals surface area contributed by atoms with E-state index in [1.54, 1.807) is 36.4 Å². The number of hydrogen-bond donors (Lipinski definition) is 1. The van der Waals surface area contributed by atoms with Crippen LogP contribution in [0.5, 0.6) is 5.75 Å². The van der Waals surface area contributed by atoms with Gasteiger partial charge in [-0.2, -0.15) is 10.5 Å². The number of allylic oxidation sites excluding steroid dienone is 3. The number of esters is 1. The molecule has 0 radical (unpaired) electrons. The Morgan fingerprint density at radius 3 is 2.14 bits per heavy atom. The number of H-pyrrole nitrogens is 1. The lowest BCUT2D eigenvalue weighted by Crippen LogP contribution is -2.56. The number of halogens is 1. The second-order valence-electron chi connectivity index (χ2n) is 9.36. The summed E-state index contributed by atoms with van der Waals surface area (Å²) in [5.74, 6) is -2.38. The second-order valence-corrected chi connectivity index (χ2v) is 9.74. The van der Waals surface area contributed by atoms with Crippen LogP contribution < -0.4 is 4.74 Å². The number of nitrogens with zero attached hydrogens (tertiary/aromatic N) is 3. The maximum Gasteiger partial charge on any atom is 0.337 e. The smallest absolute Gasteiger partial charge is 0.337 e. The summed E-state index contributed by atoms with van der Waals surface area (Å²) in [7, 11) is 1.53. The highest BCUT2D eigenvalue weighted by Gasteiger charge is 2.79. The highest BCUT2D eigenvalue weighted by Crippen LogP contribution is 2.73. The number of hydrogen-bond acceptors (Lipinski definition) is 9. The van der Waals surface area contributed by atoms with Crippen LogP contribution in [0.4, 0.5) is 5.69 Å². The van der Waals surface area contributed by atoms with E-state index in [0.29, 0.717) is 17.0 Å². The molecule has 2 unspecified atom stereocenters. The fourth-order valence-electron chi connectivity index (χ4n) is 5.54. The largest absolute Gasteiger partial charge is 0.497 e. The molecule has 1 aromatic heterocycles. The fraction of sp³-hybridized carbons (Fsp3) is 0.167. The first-order chi connectivity index (χ1) is 20.1. The minimum absolute atomic E-state index is 0.0790. The summed E-state index contributed by atoms with van der Waals surface area (Å²) in [4.78, 5) is 54.5. The molecule has 0 amide bonds. The minimum atomic E-state index is -2.47. The van der Waals surface area contributed by atoms with E-state index in [2.05, 4.69) is 4.98 Å². The van der Waals surface area contributed by atoms with Crippen molar-refractivity contribution >= 4 is 40.4 Å². The van der Waals surface area contributed by atoms with Gasteiger partial charge in [-0.05, 0) is 61.0 Å². The van der Waals surface area contributed by atoms with E-state index in [1.165, 1.54) is 26.2 Å². The molecule has 1 N–H and O–H groups in total. The molecule has 0 saturated carbocycles. The SMILES string of the molecule is CCOC(=O)C1=C(Cl)C(=O)C2(C#N)C(C(=O)c3ccc([N+](=O)[O-])cc3)=C(c3ccc(-c4ccc(OC)cc4)[nH]3)C12C#N. The molecule has 2 aromatic carbocycles. The van der Waals surface area contributed by atoms with Crippen molar-refractivity contribution in [2.45, 2.75) is 6.92 Å². The van der Waals surface area contributed by atoms with Crippen LogP contribution in [-0.4, -0.2) is 41.2 Å². The molecule has 3 aromatic rings. The molecule has 42 heavy (non-hydrogen) atoms. The Morgan fingerprint density at radius 1 is 0.976 bits per heavy atom. The number of ether oxygens (including phenoxy) is 2. The number of Topliss-reactive ketones (excluding diaryl/α,β-unsaturated/α-hetero) is 2. The van der Waals surface area contributed by atoms with E-state index in [9.17, 15) is 35.0 Å². The molecule has 1 heterocycles. The topological polar surface area (TPSA) is 176 Å². The number of rotatable bonds is 8. The number of ketones is 2. The zero-order valence-electron chi connectivity index (χ0n) is 22.1. The van der Waals surface area contributed by atoms with Gasteiger partial charge >= 0.3 is 5.97 Å². The van der Waals surface area contributed by atoms with Gasteiger partial charge in [0.1, 0.15) is 11.2 Å². The first-order valence-electron chi connectivity index (χ1n) is 12.5. The monoisotopic (exact) mass is 582 g/mol. The highest BCUT2D eigenvalue weighted by molar-refractivity contribution is 6.50. The summed E-state index contributed by atoms with van der Waals surface area (Å²) < 4.78 is 10.3. The minimum Gasteiger partial charge on any atom is -0.497 e. The summed E-state index contributed by atoms with van der Waals surface area (Å²) in [6.45, 7) is 1.41. The summed E-state index contributed by atoms with van der Waals surface area (Å²) in [6.07, 6.45) is 0. The average molecular weight is 583 g/mol. The summed E-state index contributed by atoms with van der Waals surface area (Å²) in [5, 5.41) is 31.6. The van der Waals surface area contributed by atoms with Crippen LogP contribution in [0.15, 0.2) is 76.8 Å². The van der Waals surface area contributed by atoms with Crippen molar-refractivity contribution in [1.82, 2.24) is 4.98 Å². The van der Waals surface area contributed by atoms with Crippen LogP contribution in [0, 0.1) is 43.6 Å². The Hall–Kier alpha value is -5.52. The second kappa shape index (κ2) is 10.1. The molecule has 208 valence electrons. The maximum atomic E-state index is 14.0. The van der Waals surface area contributed by atoms with Crippen molar-refractivity contribution in [2.75, 3.05) is 13.7 Å².